The van der Waals surface area contributed by atoms with E-state index in [-0.39, 0.29) is 18.3 Å². The highest BCUT2D eigenvalue weighted by atomic mass is 35.5. The molecule has 7 nitrogen and oxygen atoms in total. The van der Waals surface area contributed by atoms with Gasteiger partial charge in [-0.3, -0.25) is 4.79 Å². The van der Waals surface area contributed by atoms with Gasteiger partial charge in [-0.2, -0.15) is 0 Å². The van der Waals surface area contributed by atoms with Crippen molar-refractivity contribution in [3.63, 3.8) is 0 Å². The van der Waals surface area contributed by atoms with Crippen molar-refractivity contribution >= 4 is 24.0 Å². The molecule has 8 heteroatoms. The van der Waals surface area contributed by atoms with Gasteiger partial charge in [-0.05, 0) is 57.1 Å². The molecule has 2 N–H and O–H groups in total. The predicted octanol–water partition coefficient (Wildman–Crippen LogP) is 2.19. The highest BCUT2D eigenvalue weighted by Crippen LogP contribution is 2.21. The number of rotatable bonds is 4. The number of halogens is 1. The van der Waals surface area contributed by atoms with E-state index in [1.165, 1.54) is 0 Å². The van der Waals surface area contributed by atoms with Crippen molar-refractivity contribution in [3.05, 3.63) is 35.7 Å². The molecular formula is C16H22ClN5O2. The van der Waals surface area contributed by atoms with Crippen LogP contribution in [0, 0.1) is 6.92 Å². The molecule has 0 atom stereocenters. The Hall–Kier alpha value is -2.12. The third-order valence-corrected chi connectivity index (χ3v) is 4.14. The minimum Gasteiger partial charge on any atom is -0.497 e. The summed E-state index contributed by atoms with van der Waals surface area (Å²) in [7, 11) is 1.61. The number of nitrogens with zero attached hydrogens (tertiary/aromatic N) is 3. The fourth-order valence-corrected chi connectivity index (χ4v) is 2.81. The average Bonchev–Trinajstić information content (AvgIpc) is 2.98. The van der Waals surface area contributed by atoms with Crippen LogP contribution in [0.5, 0.6) is 5.75 Å². The quantitative estimate of drug-likeness (QED) is 0.882. The highest BCUT2D eigenvalue weighted by Gasteiger charge is 2.22. The number of carbonyl (C=O) groups is 1. The molecule has 0 bridgehead atoms. The molecule has 0 saturated carbocycles. The van der Waals surface area contributed by atoms with E-state index in [0.717, 1.165) is 37.4 Å². The van der Waals surface area contributed by atoms with Crippen molar-refractivity contribution in [1.82, 2.24) is 20.3 Å². The molecular weight excluding hydrogens is 330 g/mol. The van der Waals surface area contributed by atoms with Crippen LogP contribution in [0.4, 0.5) is 5.69 Å². The molecule has 1 aromatic carbocycles. The maximum Gasteiger partial charge on any atom is 0.278 e. The smallest absolute Gasteiger partial charge is 0.278 e. The summed E-state index contributed by atoms with van der Waals surface area (Å²) >= 11 is 0. The van der Waals surface area contributed by atoms with Gasteiger partial charge in [0.15, 0.2) is 5.69 Å². The third-order valence-electron chi connectivity index (χ3n) is 4.14. The fraction of sp³-hybridized carbons (Fsp3) is 0.438. The van der Waals surface area contributed by atoms with Crippen LogP contribution in [0.25, 0.3) is 0 Å². The molecule has 0 aliphatic carbocycles. The summed E-state index contributed by atoms with van der Waals surface area (Å²) in [5.74, 6) is 0.504. The first-order chi connectivity index (χ1) is 11.2. The van der Waals surface area contributed by atoms with Crippen molar-refractivity contribution in [1.29, 1.82) is 0 Å². The van der Waals surface area contributed by atoms with E-state index < -0.39 is 0 Å². The Kier molecular flexibility index (Phi) is 6.16. The van der Waals surface area contributed by atoms with E-state index in [2.05, 4.69) is 20.9 Å². The molecule has 1 aliphatic heterocycles. The maximum absolute atomic E-state index is 12.4. The number of hydrogen-bond donors (Lipinski definition) is 2. The first kappa shape index (κ1) is 18.2. The van der Waals surface area contributed by atoms with Crippen LogP contribution in [-0.4, -0.2) is 41.1 Å². The summed E-state index contributed by atoms with van der Waals surface area (Å²) in [4.78, 5) is 12.4. The number of aromatic nitrogens is 3. The average molecular weight is 352 g/mol. The molecule has 24 heavy (non-hydrogen) atoms. The number of ether oxygens (including phenoxy) is 1. The Balaban J connectivity index is 0.00000208. The Morgan fingerprint density at radius 2 is 1.96 bits per heavy atom. The lowest BCUT2D eigenvalue weighted by atomic mass is 10.1. The van der Waals surface area contributed by atoms with Crippen LogP contribution in [0.2, 0.25) is 0 Å². The van der Waals surface area contributed by atoms with Crippen LogP contribution in [-0.2, 0) is 0 Å². The van der Waals surface area contributed by atoms with Gasteiger partial charge in [0.1, 0.15) is 5.75 Å². The molecule has 1 saturated heterocycles. The number of hydrogen-bond acceptors (Lipinski definition) is 5. The summed E-state index contributed by atoms with van der Waals surface area (Å²) < 4.78 is 6.98. The van der Waals surface area contributed by atoms with Crippen LogP contribution < -0.4 is 15.4 Å². The lowest BCUT2D eigenvalue weighted by Crippen LogP contribution is -2.30. The van der Waals surface area contributed by atoms with Gasteiger partial charge in [0.2, 0.25) is 0 Å². The molecule has 0 unspecified atom stereocenters. The van der Waals surface area contributed by atoms with E-state index in [1.54, 1.807) is 31.4 Å². The van der Waals surface area contributed by atoms with Gasteiger partial charge in [-0.25, -0.2) is 4.68 Å². The second-order valence-electron chi connectivity index (χ2n) is 5.63. The van der Waals surface area contributed by atoms with E-state index in [4.69, 9.17) is 4.74 Å². The predicted molar refractivity (Wildman–Crippen MR) is 94.1 cm³/mol. The van der Waals surface area contributed by atoms with E-state index >= 15 is 0 Å². The summed E-state index contributed by atoms with van der Waals surface area (Å²) in [5.41, 5.74) is 1.88. The number of carbonyl (C=O) groups excluding carboxylic acids is 1. The number of amides is 1. The van der Waals surface area contributed by atoms with Crippen molar-refractivity contribution in [2.24, 2.45) is 0 Å². The number of nitrogens with one attached hydrogen (secondary N) is 2. The second-order valence-corrected chi connectivity index (χ2v) is 5.63. The Labute approximate surface area is 147 Å². The van der Waals surface area contributed by atoms with Gasteiger partial charge < -0.3 is 15.4 Å². The van der Waals surface area contributed by atoms with Crippen LogP contribution in [0.15, 0.2) is 24.3 Å². The van der Waals surface area contributed by atoms with Crippen molar-refractivity contribution in [2.75, 3.05) is 25.5 Å². The number of benzene rings is 1. The number of anilines is 1. The van der Waals surface area contributed by atoms with Gasteiger partial charge >= 0.3 is 0 Å². The van der Waals surface area contributed by atoms with Gasteiger partial charge in [0.05, 0.1) is 18.8 Å². The first-order valence-electron chi connectivity index (χ1n) is 7.77. The van der Waals surface area contributed by atoms with Gasteiger partial charge in [-0.15, -0.1) is 17.5 Å². The van der Waals surface area contributed by atoms with Crippen molar-refractivity contribution in [3.8, 4) is 5.75 Å². The van der Waals surface area contributed by atoms with Crippen molar-refractivity contribution < 1.29 is 9.53 Å². The molecule has 1 amide bonds. The molecule has 2 heterocycles. The lowest BCUT2D eigenvalue weighted by molar-refractivity contribution is 0.102. The summed E-state index contributed by atoms with van der Waals surface area (Å²) in [5, 5.41) is 14.4. The zero-order valence-electron chi connectivity index (χ0n) is 13.8. The third kappa shape index (κ3) is 3.85. The zero-order valence-corrected chi connectivity index (χ0v) is 14.6. The number of methoxy groups -OCH3 is 1. The van der Waals surface area contributed by atoms with Crippen LogP contribution in [0.1, 0.15) is 35.1 Å². The SMILES string of the molecule is COc1ccc(NC(=O)c2nnn(C3CCNCC3)c2C)cc1.Cl. The zero-order chi connectivity index (χ0) is 16.2. The molecule has 1 aromatic heterocycles. The molecule has 2 aromatic rings. The van der Waals surface area contributed by atoms with Gasteiger partial charge in [0.25, 0.3) is 5.91 Å². The van der Waals surface area contributed by atoms with E-state index in [0.29, 0.717) is 17.4 Å². The Morgan fingerprint density at radius 3 is 2.58 bits per heavy atom. The van der Waals surface area contributed by atoms with E-state index in [1.807, 2.05) is 11.6 Å². The molecule has 130 valence electrons. The maximum atomic E-state index is 12.4. The van der Waals surface area contributed by atoms with Gasteiger partial charge in [-0.1, -0.05) is 5.21 Å². The minimum absolute atomic E-state index is 0. The van der Waals surface area contributed by atoms with Crippen LogP contribution in [0.3, 0.4) is 0 Å². The number of piperidine rings is 1. The fourth-order valence-electron chi connectivity index (χ4n) is 2.81. The largest absolute Gasteiger partial charge is 0.497 e. The minimum atomic E-state index is -0.243. The molecule has 0 radical (unpaired) electrons. The Bertz CT molecular complexity index is 680. The monoisotopic (exact) mass is 351 g/mol. The Morgan fingerprint density at radius 1 is 1.29 bits per heavy atom. The topological polar surface area (TPSA) is 81.1 Å². The standard InChI is InChI=1S/C16H21N5O2.ClH/c1-11-15(19-20-21(11)13-7-9-17-10-8-13)16(22)18-12-3-5-14(23-2)6-4-12;/h3-6,13,17H,7-10H2,1-2H3,(H,18,22);1H. The first-order valence-corrected chi connectivity index (χ1v) is 7.77. The molecule has 3 rings (SSSR count). The molecule has 0 spiro atoms. The van der Waals surface area contributed by atoms with Crippen molar-refractivity contribution in [2.45, 2.75) is 25.8 Å². The summed E-state index contributed by atoms with van der Waals surface area (Å²) in [6, 6.07) is 7.50. The molecule has 1 aliphatic rings. The normalized spacial score (nSPS) is 14.8. The second kappa shape index (κ2) is 8.12. The van der Waals surface area contributed by atoms with E-state index in [9.17, 15) is 4.79 Å². The molecule has 1 fully saturated rings. The summed E-state index contributed by atoms with van der Waals surface area (Å²) in [6.45, 7) is 3.83. The van der Waals surface area contributed by atoms with Crippen LogP contribution >= 0.6 is 12.4 Å². The highest BCUT2D eigenvalue weighted by molar-refractivity contribution is 6.03. The lowest BCUT2D eigenvalue weighted by Gasteiger charge is -2.23. The van der Waals surface area contributed by atoms with Gasteiger partial charge in [0, 0.05) is 5.69 Å². The summed E-state index contributed by atoms with van der Waals surface area (Å²) in [6.07, 6.45) is 2.01.